The highest BCUT2D eigenvalue weighted by Gasteiger charge is 2.21. The van der Waals surface area contributed by atoms with Crippen molar-refractivity contribution in [2.45, 2.75) is 39.2 Å². The Morgan fingerprint density at radius 2 is 1.95 bits per heavy atom. The SMILES string of the molecule is CNC(c1cc(C(C)C)ccc1OC)C(C)CCN. The smallest absolute Gasteiger partial charge is 0.123 e. The van der Waals surface area contributed by atoms with E-state index in [4.69, 9.17) is 10.5 Å². The first-order chi connectivity index (χ1) is 9.04. The predicted molar refractivity (Wildman–Crippen MR) is 81.7 cm³/mol. The average Bonchev–Trinajstić information content (AvgIpc) is 2.39. The lowest BCUT2D eigenvalue weighted by molar-refractivity contribution is 0.360. The summed E-state index contributed by atoms with van der Waals surface area (Å²) in [5, 5.41) is 3.41. The lowest BCUT2D eigenvalue weighted by Crippen LogP contribution is -2.26. The second-order valence-corrected chi connectivity index (χ2v) is 5.48. The number of nitrogens with one attached hydrogen (secondary N) is 1. The van der Waals surface area contributed by atoms with E-state index in [1.807, 2.05) is 7.05 Å². The van der Waals surface area contributed by atoms with Crippen LogP contribution in [0.25, 0.3) is 0 Å². The average molecular weight is 264 g/mol. The molecule has 0 saturated heterocycles. The topological polar surface area (TPSA) is 47.3 Å². The standard InChI is InChI=1S/C16H28N2O/c1-11(2)13-6-7-15(19-5)14(10-13)16(18-4)12(3)8-9-17/h6-7,10-12,16,18H,8-9,17H2,1-5H3. The second-order valence-electron chi connectivity index (χ2n) is 5.48. The fourth-order valence-corrected chi connectivity index (χ4v) is 2.53. The molecule has 1 rings (SSSR count). The molecule has 108 valence electrons. The van der Waals surface area contributed by atoms with Gasteiger partial charge in [0.25, 0.3) is 0 Å². The fourth-order valence-electron chi connectivity index (χ4n) is 2.53. The maximum absolute atomic E-state index is 5.69. The maximum atomic E-state index is 5.69. The molecule has 0 heterocycles. The van der Waals surface area contributed by atoms with Crippen LogP contribution in [0.5, 0.6) is 5.75 Å². The number of benzene rings is 1. The zero-order valence-electron chi connectivity index (χ0n) is 12.9. The number of ether oxygens (including phenoxy) is 1. The molecule has 0 spiro atoms. The van der Waals surface area contributed by atoms with Gasteiger partial charge in [-0.05, 0) is 43.5 Å². The molecule has 0 aromatic heterocycles. The molecule has 0 bridgehead atoms. The molecule has 3 N–H and O–H groups in total. The molecule has 3 heteroatoms. The van der Waals surface area contributed by atoms with Crippen LogP contribution < -0.4 is 15.8 Å². The van der Waals surface area contributed by atoms with Crippen molar-refractivity contribution in [1.29, 1.82) is 0 Å². The van der Waals surface area contributed by atoms with E-state index in [1.54, 1.807) is 7.11 Å². The van der Waals surface area contributed by atoms with Crippen LogP contribution in [0, 0.1) is 5.92 Å². The lowest BCUT2D eigenvalue weighted by Gasteiger charge is -2.26. The van der Waals surface area contributed by atoms with Crippen LogP contribution in [0.1, 0.15) is 50.3 Å². The lowest BCUT2D eigenvalue weighted by atomic mass is 9.89. The molecule has 19 heavy (non-hydrogen) atoms. The largest absolute Gasteiger partial charge is 0.496 e. The zero-order chi connectivity index (χ0) is 14.4. The molecular formula is C16H28N2O. The van der Waals surface area contributed by atoms with Crippen molar-refractivity contribution in [2.75, 3.05) is 20.7 Å². The van der Waals surface area contributed by atoms with Gasteiger partial charge < -0.3 is 15.8 Å². The minimum absolute atomic E-state index is 0.275. The molecule has 1 aromatic rings. The predicted octanol–water partition coefficient (Wildman–Crippen LogP) is 3.06. The first-order valence-electron chi connectivity index (χ1n) is 7.10. The molecule has 3 nitrogen and oxygen atoms in total. The van der Waals surface area contributed by atoms with E-state index >= 15 is 0 Å². The van der Waals surface area contributed by atoms with Gasteiger partial charge in [-0.15, -0.1) is 0 Å². The van der Waals surface area contributed by atoms with Crippen molar-refractivity contribution in [3.63, 3.8) is 0 Å². The summed E-state index contributed by atoms with van der Waals surface area (Å²) in [6, 6.07) is 6.76. The number of nitrogens with two attached hydrogens (primary N) is 1. The molecule has 0 aliphatic carbocycles. The Hall–Kier alpha value is -1.06. The van der Waals surface area contributed by atoms with Gasteiger partial charge in [-0.2, -0.15) is 0 Å². The van der Waals surface area contributed by atoms with Gasteiger partial charge in [0.05, 0.1) is 7.11 Å². The summed E-state index contributed by atoms with van der Waals surface area (Å²) < 4.78 is 5.52. The van der Waals surface area contributed by atoms with Gasteiger partial charge in [-0.1, -0.05) is 32.9 Å². The van der Waals surface area contributed by atoms with Crippen LogP contribution in [0.2, 0.25) is 0 Å². The maximum Gasteiger partial charge on any atom is 0.123 e. The highest BCUT2D eigenvalue weighted by molar-refractivity contribution is 5.40. The summed E-state index contributed by atoms with van der Waals surface area (Å²) in [6.07, 6.45) is 1.00. The van der Waals surface area contributed by atoms with Crippen molar-refractivity contribution < 1.29 is 4.74 Å². The Labute approximate surface area is 117 Å². The first-order valence-corrected chi connectivity index (χ1v) is 7.10. The number of hydrogen-bond donors (Lipinski definition) is 2. The Morgan fingerprint density at radius 3 is 2.42 bits per heavy atom. The highest BCUT2D eigenvalue weighted by atomic mass is 16.5. The molecule has 0 radical (unpaired) electrons. The number of methoxy groups -OCH3 is 1. The molecule has 0 saturated carbocycles. The summed E-state index contributed by atoms with van der Waals surface area (Å²) >= 11 is 0. The third-order valence-corrected chi connectivity index (χ3v) is 3.76. The Balaban J connectivity index is 3.15. The summed E-state index contributed by atoms with van der Waals surface area (Å²) in [5.74, 6) is 1.95. The molecular weight excluding hydrogens is 236 g/mol. The number of hydrogen-bond acceptors (Lipinski definition) is 3. The molecule has 0 aliphatic rings. The van der Waals surface area contributed by atoms with Gasteiger partial charge in [0.15, 0.2) is 0 Å². The van der Waals surface area contributed by atoms with E-state index in [0.717, 1.165) is 12.2 Å². The van der Waals surface area contributed by atoms with E-state index in [2.05, 4.69) is 44.3 Å². The third-order valence-electron chi connectivity index (χ3n) is 3.76. The van der Waals surface area contributed by atoms with Gasteiger partial charge in [-0.3, -0.25) is 0 Å². The van der Waals surface area contributed by atoms with Crippen LogP contribution in [-0.4, -0.2) is 20.7 Å². The van der Waals surface area contributed by atoms with Gasteiger partial charge >= 0.3 is 0 Å². The molecule has 1 aromatic carbocycles. The zero-order valence-corrected chi connectivity index (χ0v) is 12.9. The normalized spacial score (nSPS) is 14.5. The Morgan fingerprint density at radius 1 is 1.26 bits per heavy atom. The fraction of sp³-hybridized carbons (Fsp3) is 0.625. The van der Waals surface area contributed by atoms with E-state index in [9.17, 15) is 0 Å². The van der Waals surface area contributed by atoms with Gasteiger partial charge in [-0.25, -0.2) is 0 Å². The van der Waals surface area contributed by atoms with Crippen molar-refractivity contribution in [1.82, 2.24) is 5.32 Å². The highest BCUT2D eigenvalue weighted by Crippen LogP contribution is 2.33. The van der Waals surface area contributed by atoms with Crippen LogP contribution in [0.15, 0.2) is 18.2 Å². The third kappa shape index (κ3) is 3.95. The van der Waals surface area contributed by atoms with Gasteiger partial charge in [0.1, 0.15) is 5.75 Å². The van der Waals surface area contributed by atoms with Crippen molar-refractivity contribution in [2.24, 2.45) is 11.7 Å². The Bertz CT molecular complexity index is 390. The van der Waals surface area contributed by atoms with Crippen molar-refractivity contribution in [3.8, 4) is 5.75 Å². The second kappa shape index (κ2) is 7.51. The van der Waals surface area contributed by atoms with Crippen molar-refractivity contribution >= 4 is 0 Å². The number of rotatable bonds is 7. The van der Waals surface area contributed by atoms with Gasteiger partial charge in [0.2, 0.25) is 0 Å². The van der Waals surface area contributed by atoms with Crippen molar-refractivity contribution in [3.05, 3.63) is 29.3 Å². The quantitative estimate of drug-likeness (QED) is 0.795. The minimum atomic E-state index is 0.275. The van der Waals surface area contributed by atoms with Gasteiger partial charge in [0, 0.05) is 11.6 Å². The molecule has 2 atom stereocenters. The first kappa shape index (κ1) is 16.0. The van der Waals surface area contributed by atoms with E-state index < -0.39 is 0 Å². The minimum Gasteiger partial charge on any atom is -0.496 e. The van der Waals surface area contributed by atoms with E-state index in [0.29, 0.717) is 18.4 Å². The van der Waals surface area contributed by atoms with E-state index in [1.165, 1.54) is 11.1 Å². The summed E-state index contributed by atoms with van der Waals surface area (Å²) in [5.41, 5.74) is 8.27. The molecule has 0 aliphatic heterocycles. The summed E-state index contributed by atoms with van der Waals surface area (Å²) in [6.45, 7) is 7.37. The summed E-state index contributed by atoms with van der Waals surface area (Å²) in [4.78, 5) is 0. The summed E-state index contributed by atoms with van der Waals surface area (Å²) in [7, 11) is 3.73. The van der Waals surface area contributed by atoms with Crippen LogP contribution >= 0.6 is 0 Å². The van der Waals surface area contributed by atoms with Crippen LogP contribution in [0.3, 0.4) is 0 Å². The Kier molecular flexibility index (Phi) is 6.32. The monoisotopic (exact) mass is 264 g/mol. The van der Waals surface area contributed by atoms with Crippen LogP contribution in [-0.2, 0) is 0 Å². The van der Waals surface area contributed by atoms with Crippen LogP contribution in [0.4, 0.5) is 0 Å². The van der Waals surface area contributed by atoms with E-state index in [-0.39, 0.29) is 6.04 Å². The molecule has 0 amide bonds. The molecule has 0 fully saturated rings. The molecule has 2 unspecified atom stereocenters.